The molecule has 0 heterocycles. The summed E-state index contributed by atoms with van der Waals surface area (Å²) in [6, 6.07) is 0. The summed E-state index contributed by atoms with van der Waals surface area (Å²) in [4.78, 5) is 11.5. The highest BCUT2D eigenvalue weighted by Crippen LogP contribution is 2.68. The molecule has 4 aliphatic carbocycles. The van der Waals surface area contributed by atoms with E-state index in [1.54, 1.807) is 6.92 Å². The molecule has 0 aromatic carbocycles. The molecular formula is C26H44O3. The maximum Gasteiger partial charge on any atom is 0.302 e. The van der Waals surface area contributed by atoms with E-state index in [0.29, 0.717) is 16.7 Å². The van der Waals surface area contributed by atoms with Gasteiger partial charge in [-0.2, -0.15) is 0 Å². The van der Waals surface area contributed by atoms with Gasteiger partial charge in [-0.15, -0.1) is 0 Å². The molecule has 4 fully saturated rings. The number of ether oxygens (including phenoxy) is 1. The topological polar surface area (TPSA) is 46.5 Å². The Morgan fingerprint density at radius 1 is 1.14 bits per heavy atom. The lowest BCUT2D eigenvalue weighted by Gasteiger charge is -2.63. The van der Waals surface area contributed by atoms with Gasteiger partial charge in [-0.25, -0.2) is 0 Å². The van der Waals surface area contributed by atoms with E-state index in [9.17, 15) is 9.90 Å². The molecule has 3 nitrogen and oxygen atoms in total. The van der Waals surface area contributed by atoms with Crippen molar-refractivity contribution in [2.75, 3.05) is 0 Å². The Labute approximate surface area is 178 Å². The standard InChI is InChI=1S/C26H44O3/c1-5-21(29-18(3)27)10-13-26-12-6-7-24(26)22-9-8-19-16-20(28)15-17(2)25(19,4)23(22)11-14-26/h17,19-24,28H,5-16H2,1-4H3/t17-,19-,20+,21?,22+,23-,24-,25-,26+/m0/s1. The van der Waals surface area contributed by atoms with E-state index in [-0.39, 0.29) is 18.2 Å². The number of rotatable bonds is 5. The van der Waals surface area contributed by atoms with E-state index in [2.05, 4.69) is 20.8 Å². The maximum absolute atomic E-state index is 11.5. The molecule has 0 bridgehead atoms. The van der Waals surface area contributed by atoms with Crippen molar-refractivity contribution in [3.05, 3.63) is 0 Å². The van der Waals surface area contributed by atoms with Crippen molar-refractivity contribution < 1.29 is 14.6 Å². The van der Waals surface area contributed by atoms with Crippen LogP contribution in [0, 0.1) is 40.4 Å². The van der Waals surface area contributed by atoms with Gasteiger partial charge in [-0.05, 0) is 111 Å². The highest BCUT2D eigenvalue weighted by molar-refractivity contribution is 5.66. The molecule has 29 heavy (non-hydrogen) atoms. The Kier molecular flexibility index (Phi) is 6.10. The molecule has 1 N–H and O–H groups in total. The molecular weight excluding hydrogens is 360 g/mol. The van der Waals surface area contributed by atoms with Crippen molar-refractivity contribution in [3.63, 3.8) is 0 Å². The van der Waals surface area contributed by atoms with Crippen LogP contribution in [0.5, 0.6) is 0 Å². The van der Waals surface area contributed by atoms with Gasteiger partial charge in [0.25, 0.3) is 0 Å². The van der Waals surface area contributed by atoms with Gasteiger partial charge in [0.15, 0.2) is 0 Å². The van der Waals surface area contributed by atoms with Gasteiger partial charge >= 0.3 is 5.97 Å². The van der Waals surface area contributed by atoms with Crippen molar-refractivity contribution in [1.29, 1.82) is 0 Å². The van der Waals surface area contributed by atoms with Crippen LogP contribution in [-0.4, -0.2) is 23.3 Å². The average molecular weight is 405 g/mol. The lowest BCUT2D eigenvalue weighted by Crippen LogP contribution is -2.56. The lowest BCUT2D eigenvalue weighted by atomic mass is 9.42. The number of hydrogen-bond acceptors (Lipinski definition) is 3. The summed E-state index contributed by atoms with van der Waals surface area (Å²) >= 11 is 0. The van der Waals surface area contributed by atoms with Crippen LogP contribution in [0.3, 0.4) is 0 Å². The molecule has 166 valence electrons. The minimum atomic E-state index is -0.124. The molecule has 0 saturated heterocycles. The maximum atomic E-state index is 11.5. The number of aliphatic hydroxyl groups is 1. The number of esters is 1. The van der Waals surface area contributed by atoms with Crippen molar-refractivity contribution in [1.82, 2.24) is 0 Å². The number of carbonyl (C=O) groups is 1. The van der Waals surface area contributed by atoms with Crippen LogP contribution in [0.15, 0.2) is 0 Å². The molecule has 0 aromatic heterocycles. The fourth-order valence-corrected chi connectivity index (χ4v) is 8.95. The largest absolute Gasteiger partial charge is 0.463 e. The number of fused-ring (bicyclic) bond motifs is 5. The Bertz CT molecular complexity index is 603. The fourth-order valence-electron chi connectivity index (χ4n) is 8.95. The van der Waals surface area contributed by atoms with E-state index in [4.69, 9.17) is 4.74 Å². The van der Waals surface area contributed by atoms with E-state index >= 15 is 0 Å². The molecule has 9 atom stereocenters. The van der Waals surface area contributed by atoms with E-state index < -0.39 is 0 Å². The van der Waals surface area contributed by atoms with Crippen LogP contribution < -0.4 is 0 Å². The minimum Gasteiger partial charge on any atom is -0.463 e. The van der Waals surface area contributed by atoms with E-state index in [0.717, 1.165) is 49.4 Å². The second kappa shape index (κ2) is 8.17. The minimum absolute atomic E-state index is 0.0685. The van der Waals surface area contributed by atoms with Crippen LogP contribution in [-0.2, 0) is 9.53 Å². The SMILES string of the molecule is CCC(CC[C@@]12CCC[C@H]1[C@@H]1CC[C@H]3C[C@H](O)C[C@H](C)[C@]3(C)[C@H]1CC2)OC(C)=O. The number of carbonyl (C=O) groups excluding carboxylic acids is 1. The third-order valence-electron chi connectivity index (χ3n) is 10.5. The number of hydrogen-bond donors (Lipinski definition) is 1. The second-order valence-electron chi connectivity index (χ2n) is 11.5. The first-order valence-corrected chi connectivity index (χ1v) is 12.7. The van der Waals surface area contributed by atoms with Crippen LogP contribution in [0.4, 0.5) is 0 Å². The van der Waals surface area contributed by atoms with Gasteiger partial charge in [0.05, 0.1) is 6.10 Å². The van der Waals surface area contributed by atoms with Gasteiger partial charge < -0.3 is 9.84 Å². The van der Waals surface area contributed by atoms with Crippen molar-refractivity contribution in [2.24, 2.45) is 40.4 Å². The summed E-state index contributed by atoms with van der Waals surface area (Å²) in [7, 11) is 0. The van der Waals surface area contributed by atoms with Crippen molar-refractivity contribution in [3.8, 4) is 0 Å². The Morgan fingerprint density at radius 2 is 1.93 bits per heavy atom. The molecule has 0 aromatic rings. The summed E-state index contributed by atoms with van der Waals surface area (Å²) in [6.45, 7) is 8.72. The zero-order valence-corrected chi connectivity index (χ0v) is 19.3. The van der Waals surface area contributed by atoms with Crippen LogP contribution in [0.2, 0.25) is 0 Å². The quantitative estimate of drug-likeness (QED) is 0.561. The van der Waals surface area contributed by atoms with Gasteiger partial charge in [0.1, 0.15) is 6.10 Å². The van der Waals surface area contributed by atoms with Gasteiger partial charge in [-0.1, -0.05) is 27.2 Å². The summed E-state index contributed by atoms with van der Waals surface area (Å²) in [5, 5.41) is 10.4. The zero-order valence-electron chi connectivity index (χ0n) is 19.3. The van der Waals surface area contributed by atoms with Crippen LogP contribution >= 0.6 is 0 Å². The van der Waals surface area contributed by atoms with Crippen LogP contribution in [0.25, 0.3) is 0 Å². The molecule has 0 spiro atoms. The average Bonchev–Trinajstić information content (AvgIpc) is 3.10. The third kappa shape index (κ3) is 3.68. The molecule has 1 unspecified atom stereocenters. The first-order valence-electron chi connectivity index (χ1n) is 12.7. The smallest absolute Gasteiger partial charge is 0.302 e. The number of aliphatic hydroxyl groups excluding tert-OH is 1. The second-order valence-corrected chi connectivity index (χ2v) is 11.5. The predicted molar refractivity (Wildman–Crippen MR) is 116 cm³/mol. The highest BCUT2D eigenvalue weighted by Gasteiger charge is 2.60. The van der Waals surface area contributed by atoms with Gasteiger partial charge in [0.2, 0.25) is 0 Å². The van der Waals surface area contributed by atoms with Crippen molar-refractivity contribution in [2.45, 2.75) is 117 Å². The Hall–Kier alpha value is -0.570. The molecule has 0 aliphatic heterocycles. The van der Waals surface area contributed by atoms with E-state index in [1.165, 1.54) is 51.4 Å². The molecule has 3 heteroatoms. The summed E-state index contributed by atoms with van der Waals surface area (Å²) in [5.41, 5.74) is 0.940. The Morgan fingerprint density at radius 3 is 2.66 bits per heavy atom. The summed E-state index contributed by atoms with van der Waals surface area (Å²) < 4.78 is 5.59. The molecule has 0 amide bonds. The first-order chi connectivity index (χ1) is 13.8. The molecule has 4 rings (SSSR count). The van der Waals surface area contributed by atoms with Gasteiger partial charge in [-0.3, -0.25) is 4.79 Å². The predicted octanol–water partition coefficient (Wildman–Crippen LogP) is 6.13. The molecule has 4 saturated carbocycles. The first kappa shape index (κ1) is 21.7. The van der Waals surface area contributed by atoms with Crippen LogP contribution in [0.1, 0.15) is 105 Å². The van der Waals surface area contributed by atoms with E-state index in [1.807, 2.05) is 0 Å². The highest BCUT2D eigenvalue weighted by atomic mass is 16.5. The molecule has 0 radical (unpaired) electrons. The van der Waals surface area contributed by atoms with Crippen molar-refractivity contribution >= 4 is 5.97 Å². The zero-order chi connectivity index (χ0) is 20.8. The third-order valence-corrected chi connectivity index (χ3v) is 10.5. The fraction of sp³-hybridized carbons (Fsp3) is 0.962. The lowest BCUT2D eigenvalue weighted by molar-refractivity contribution is -0.154. The Balaban J connectivity index is 1.50. The van der Waals surface area contributed by atoms with Gasteiger partial charge in [0, 0.05) is 6.92 Å². The summed E-state index contributed by atoms with van der Waals surface area (Å²) in [6.07, 6.45) is 15.0. The monoisotopic (exact) mass is 404 g/mol. The summed E-state index contributed by atoms with van der Waals surface area (Å²) in [5.74, 6) is 3.87. The molecule has 4 aliphatic rings. The normalized spacial score (nSPS) is 47.6.